The number of halogens is 1. The van der Waals surface area contributed by atoms with Gasteiger partial charge in [0.2, 0.25) is 0 Å². The minimum atomic E-state index is 0. The molecule has 112 valence electrons. The van der Waals surface area contributed by atoms with E-state index in [4.69, 9.17) is 0 Å². The fourth-order valence-corrected chi connectivity index (χ4v) is 1.75. The molecule has 0 spiro atoms. The molecule has 2 aromatic heterocycles. The van der Waals surface area contributed by atoms with Gasteiger partial charge in [-0.25, -0.2) is 0 Å². The van der Waals surface area contributed by atoms with Gasteiger partial charge in [-0.1, -0.05) is 12.1 Å². The second-order valence-electron chi connectivity index (χ2n) is 4.24. The maximum atomic E-state index is 4.28. The quantitative estimate of drug-likeness (QED) is 0.461. The molecule has 21 heavy (non-hydrogen) atoms. The molecule has 0 aromatic carbocycles. The molecule has 0 saturated carbocycles. The number of aromatic nitrogens is 2. The van der Waals surface area contributed by atoms with E-state index in [1.54, 1.807) is 13.2 Å². The fourth-order valence-electron chi connectivity index (χ4n) is 1.75. The van der Waals surface area contributed by atoms with Crippen LogP contribution in [0, 0.1) is 0 Å². The van der Waals surface area contributed by atoms with Gasteiger partial charge in [0.25, 0.3) is 0 Å². The van der Waals surface area contributed by atoms with Crippen LogP contribution < -0.4 is 10.6 Å². The van der Waals surface area contributed by atoms with Gasteiger partial charge in [-0.3, -0.25) is 15.0 Å². The molecule has 2 rings (SSSR count). The summed E-state index contributed by atoms with van der Waals surface area (Å²) in [6, 6.07) is 11.8. The van der Waals surface area contributed by atoms with Gasteiger partial charge >= 0.3 is 0 Å². The zero-order valence-electron chi connectivity index (χ0n) is 12.0. The van der Waals surface area contributed by atoms with Crippen molar-refractivity contribution in [3.63, 3.8) is 0 Å². The topological polar surface area (TPSA) is 62.2 Å². The summed E-state index contributed by atoms with van der Waals surface area (Å²) < 4.78 is 0. The van der Waals surface area contributed by atoms with Gasteiger partial charge in [-0.15, -0.1) is 24.0 Å². The van der Waals surface area contributed by atoms with Gasteiger partial charge in [0.05, 0.1) is 12.2 Å². The molecule has 0 saturated heterocycles. The second kappa shape index (κ2) is 10.1. The molecule has 2 aromatic rings. The molecule has 0 aliphatic rings. The van der Waals surface area contributed by atoms with Crippen LogP contribution in [0.3, 0.4) is 0 Å². The van der Waals surface area contributed by atoms with Crippen LogP contribution in [0.1, 0.15) is 11.4 Å². The Kier molecular flexibility index (Phi) is 8.34. The number of pyridine rings is 2. The summed E-state index contributed by atoms with van der Waals surface area (Å²) in [6.07, 6.45) is 4.46. The van der Waals surface area contributed by atoms with Crippen molar-refractivity contribution in [3.05, 3.63) is 60.2 Å². The second-order valence-corrected chi connectivity index (χ2v) is 4.24. The molecule has 0 amide bonds. The highest BCUT2D eigenvalue weighted by atomic mass is 127. The van der Waals surface area contributed by atoms with Crippen LogP contribution in [0.4, 0.5) is 0 Å². The van der Waals surface area contributed by atoms with Crippen LogP contribution in [0.15, 0.2) is 53.8 Å². The molecular weight excluding hydrogens is 377 g/mol. The van der Waals surface area contributed by atoms with Crippen LogP contribution in [0.5, 0.6) is 0 Å². The zero-order valence-corrected chi connectivity index (χ0v) is 14.3. The lowest BCUT2D eigenvalue weighted by Gasteiger charge is -2.11. The van der Waals surface area contributed by atoms with Gasteiger partial charge in [0.15, 0.2) is 5.96 Å². The minimum Gasteiger partial charge on any atom is -0.356 e. The van der Waals surface area contributed by atoms with Crippen molar-refractivity contribution >= 4 is 29.9 Å². The minimum absolute atomic E-state index is 0. The van der Waals surface area contributed by atoms with Crippen LogP contribution in [0.2, 0.25) is 0 Å². The van der Waals surface area contributed by atoms with Crippen molar-refractivity contribution in [3.8, 4) is 0 Å². The Morgan fingerprint density at radius 1 is 1.00 bits per heavy atom. The third-order valence-electron chi connectivity index (χ3n) is 2.79. The van der Waals surface area contributed by atoms with Crippen LogP contribution in [-0.2, 0) is 13.0 Å². The first-order valence-electron chi connectivity index (χ1n) is 6.63. The van der Waals surface area contributed by atoms with Crippen molar-refractivity contribution in [2.45, 2.75) is 13.0 Å². The van der Waals surface area contributed by atoms with Crippen molar-refractivity contribution in [1.29, 1.82) is 0 Å². The van der Waals surface area contributed by atoms with Crippen molar-refractivity contribution < 1.29 is 0 Å². The maximum absolute atomic E-state index is 4.28. The largest absolute Gasteiger partial charge is 0.356 e. The molecule has 0 radical (unpaired) electrons. The van der Waals surface area contributed by atoms with E-state index in [1.165, 1.54) is 0 Å². The Labute approximate surface area is 142 Å². The van der Waals surface area contributed by atoms with Crippen LogP contribution in [0.25, 0.3) is 0 Å². The monoisotopic (exact) mass is 397 g/mol. The number of hydrogen-bond donors (Lipinski definition) is 2. The number of rotatable bonds is 5. The van der Waals surface area contributed by atoms with Crippen molar-refractivity contribution in [2.75, 3.05) is 13.6 Å². The maximum Gasteiger partial charge on any atom is 0.191 e. The Hall–Kier alpha value is -1.70. The summed E-state index contributed by atoms with van der Waals surface area (Å²) in [5.74, 6) is 0.770. The Balaban J connectivity index is 0.00000220. The average molecular weight is 397 g/mol. The molecule has 2 heterocycles. The number of nitrogens with zero attached hydrogens (tertiary/aromatic N) is 3. The van der Waals surface area contributed by atoms with E-state index >= 15 is 0 Å². The van der Waals surface area contributed by atoms with Gasteiger partial charge in [-0.05, 0) is 24.3 Å². The lowest BCUT2D eigenvalue weighted by molar-refractivity contribution is 0.775. The van der Waals surface area contributed by atoms with E-state index in [2.05, 4.69) is 25.6 Å². The van der Waals surface area contributed by atoms with E-state index < -0.39 is 0 Å². The predicted molar refractivity (Wildman–Crippen MR) is 95.8 cm³/mol. The predicted octanol–water partition coefficient (Wildman–Crippen LogP) is 2.00. The summed E-state index contributed by atoms with van der Waals surface area (Å²) in [5, 5.41) is 6.49. The summed E-state index contributed by atoms with van der Waals surface area (Å²) in [5.41, 5.74) is 2.06. The molecule has 0 aliphatic carbocycles. The number of guanidine groups is 1. The van der Waals surface area contributed by atoms with Gasteiger partial charge in [0.1, 0.15) is 0 Å². The standard InChI is InChI=1S/C15H19N5.HI/c1-16-15(20-12-14-7-3-5-10-18-14)19-11-8-13-6-2-4-9-17-13;/h2-7,9-10H,8,11-12H2,1H3,(H2,16,19,20);1H. The highest BCUT2D eigenvalue weighted by Gasteiger charge is 1.99. The molecule has 5 nitrogen and oxygen atoms in total. The van der Waals surface area contributed by atoms with E-state index in [-0.39, 0.29) is 24.0 Å². The summed E-state index contributed by atoms with van der Waals surface area (Å²) in [4.78, 5) is 12.7. The van der Waals surface area contributed by atoms with Crippen molar-refractivity contribution in [1.82, 2.24) is 20.6 Å². The Bertz CT molecular complexity index is 530. The average Bonchev–Trinajstić information content (AvgIpc) is 2.52. The summed E-state index contributed by atoms with van der Waals surface area (Å²) in [6.45, 7) is 1.45. The Morgan fingerprint density at radius 3 is 2.24 bits per heavy atom. The summed E-state index contributed by atoms with van der Waals surface area (Å²) >= 11 is 0. The molecular formula is C15H20IN5. The molecule has 2 N–H and O–H groups in total. The third-order valence-corrected chi connectivity index (χ3v) is 2.79. The lowest BCUT2D eigenvalue weighted by atomic mass is 10.3. The van der Waals surface area contributed by atoms with Gasteiger partial charge in [-0.2, -0.15) is 0 Å². The highest BCUT2D eigenvalue weighted by molar-refractivity contribution is 14.0. The first kappa shape index (κ1) is 17.4. The third kappa shape index (κ3) is 6.52. The normalized spacial score (nSPS) is 10.6. The number of hydrogen-bond acceptors (Lipinski definition) is 3. The van der Waals surface area contributed by atoms with E-state index in [0.29, 0.717) is 6.54 Å². The molecule has 0 fully saturated rings. The summed E-state index contributed by atoms with van der Waals surface area (Å²) in [7, 11) is 1.76. The first-order valence-corrected chi connectivity index (χ1v) is 6.63. The number of aliphatic imine (C=N–C) groups is 1. The SMILES string of the molecule is CN=C(NCCc1ccccn1)NCc1ccccn1.I. The highest BCUT2D eigenvalue weighted by Crippen LogP contribution is 1.94. The van der Waals surface area contributed by atoms with Crippen molar-refractivity contribution in [2.24, 2.45) is 4.99 Å². The van der Waals surface area contributed by atoms with Crippen LogP contribution in [-0.4, -0.2) is 29.5 Å². The molecule has 0 aliphatic heterocycles. The van der Waals surface area contributed by atoms with E-state index in [1.807, 2.05) is 42.6 Å². The number of nitrogens with one attached hydrogen (secondary N) is 2. The zero-order chi connectivity index (χ0) is 14.0. The molecule has 0 bridgehead atoms. The van der Waals surface area contributed by atoms with E-state index in [9.17, 15) is 0 Å². The lowest BCUT2D eigenvalue weighted by Crippen LogP contribution is -2.38. The Morgan fingerprint density at radius 2 is 1.67 bits per heavy atom. The smallest absolute Gasteiger partial charge is 0.191 e. The molecule has 6 heteroatoms. The van der Waals surface area contributed by atoms with Crippen LogP contribution >= 0.6 is 24.0 Å². The molecule has 0 atom stereocenters. The fraction of sp³-hybridized carbons (Fsp3) is 0.267. The molecule has 0 unspecified atom stereocenters. The van der Waals surface area contributed by atoms with Gasteiger partial charge in [0, 0.05) is 38.1 Å². The first-order chi connectivity index (χ1) is 9.88. The van der Waals surface area contributed by atoms with E-state index in [0.717, 1.165) is 30.3 Å². The van der Waals surface area contributed by atoms with Gasteiger partial charge < -0.3 is 10.6 Å².